The molecule has 0 radical (unpaired) electrons. The van der Waals surface area contributed by atoms with Gasteiger partial charge in [0.2, 0.25) is 0 Å². The summed E-state index contributed by atoms with van der Waals surface area (Å²) in [4.78, 5) is 20.4. The zero-order valence-corrected chi connectivity index (χ0v) is 20.9. The summed E-state index contributed by atoms with van der Waals surface area (Å²) in [6.07, 6.45) is 4.32. The third kappa shape index (κ3) is 9.07. The Labute approximate surface area is 192 Å². The van der Waals surface area contributed by atoms with Gasteiger partial charge < -0.3 is 19.8 Å². The molecule has 0 spiro atoms. The minimum atomic E-state index is -4.18. The van der Waals surface area contributed by atoms with Crippen LogP contribution in [0.5, 0.6) is 5.75 Å². The van der Waals surface area contributed by atoms with E-state index in [4.69, 9.17) is 9.84 Å². The zero-order chi connectivity index (χ0) is 24.5. The largest absolute Gasteiger partial charge is 0.481 e. The van der Waals surface area contributed by atoms with Crippen molar-refractivity contribution in [1.82, 2.24) is 0 Å². The second kappa shape index (κ2) is 12.5. The number of rotatable bonds is 14. The van der Waals surface area contributed by atoms with Gasteiger partial charge >= 0.3 is 13.6 Å². The highest BCUT2D eigenvalue weighted by Gasteiger charge is 2.34. The molecule has 5 atom stereocenters. The highest BCUT2D eigenvalue weighted by atomic mass is 31.2. The normalized spacial score (nSPS) is 18.0. The lowest BCUT2D eigenvalue weighted by Gasteiger charge is -2.38. The summed E-state index contributed by atoms with van der Waals surface area (Å²) < 4.78 is 21.8. The van der Waals surface area contributed by atoms with Crippen molar-refractivity contribution in [3.63, 3.8) is 0 Å². The van der Waals surface area contributed by atoms with E-state index >= 15 is 0 Å². The number of hydrogen-bond acceptors (Lipinski definition) is 5. The van der Waals surface area contributed by atoms with Crippen molar-refractivity contribution in [3.05, 3.63) is 35.9 Å². The maximum Gasteiger partial charge on any atom is 0.366 e. The minimum Gasteiger partial charge on any atom is -0.481 e. The van der Waals surface area contributed by atoms with Crippen molar-refractivity contribution in [2.75, 3.05) is 6.35 Å². The monoisotopic (exact) mass is 470 g/mol. The number of allylic oxidation sites excluding steroid dienone is 1. The first-order chi connectivity index (χ1) is 14.8. The Morgan fingerprint density at radius 3 is 2.28 bits per heavy atom. The molecule has 0 fully saturated rings. The Balaban J connectivity index is 2.61. The molecule has 0 amide bonds. The predicted molar refractivity (Wildman–Crippen MR) is 127 cm³/mol. The number of aliphatic carboxylic acids is 1. The smallest absolute Gasteiger partial charge is 0.366 e. The van der Waals surface area contributed by atoms with Gasteiger partial charge in [0.1, 0.15) is 5.75 Å². The van der Waals surface area contributed by atoms with E-state index in [-0.39, 0.29) is 23.4 Å². The fourth-order valence-electron chi connectivity index (χ4n) is 3.63. The van der Waals surface area contributed by atoms with Crippen molar-refractivity contribution >= 4 is 19.6 Å². The summed E-state index contributed by atoms with van der Waals surface area (Å²) in [5.41, 5.74) is 1.03. The van der Waals surface area contributed by atoms with Crippen molar-refractivity contribution in [2.24, 2.45) is 17.3 Å². The molecule has 0 bridgehead atoms. The number of carboxylic acids is 1. The highest BCUT2D eigenvalue weighted by Crippen LogP contribution is 2.43. The molecule has 182 valence electrons. The van der Waals surface area contributed by atoms with Gasteiger partial charge in [-0.05, 0) is 48.3 Å². The van der Waals surface area contributed by atoms with Crippen LogP contribution in [-0.4, -0.2) is 39.6 Å². The first-order valence-corrected chi connectivity index (χ1v) is 12.9. The van der Waals surface area contributed by atoms with Crippen LogP contribution in [0.15, 0.2) is 30.3 Å². The SMILES string of the molecule is CC[C@@H]([C@H](O)[C@H](C)C/C=C/c1ccc(OCP(=O)(O)O[C@@H](C)C(=O)O)cc1)C(C)(C)CC. The highest BCUT2D eigenvalue weighted by molar-refractivity contribution is 7.52. The van der Waals surface area contributed by atoms with Crippen LogP contribution >= 0.6 is 7.60 Å². The van der Waals surface area contributed by atoms with Crippen LogP contribution in [-0.2, 0) is 13.9 Å². The fourth-order valence-corrected chi connectivity index (χ4v) is 4.58. The average molecular weight is 471 g/mol. The van der Waals surface area contributed by atoms with E-state index in [9.17, 15) is 19.4 Å². The lowest BCUT2D eigenvalue weighted by molar-refractivity contribution is -0.144. The van der Waals surface area contributed by atoms with Gasteiger partial charge in [0, 0.05) is 0 Å². The van der Waals surface area contributed by atoms with Crippen LogP contribution < -0.4 is 4.74 Å². The number of aliphatic hydroxyl groups excluding tert-OH is 1. The Bertz CT molecular complexity index is 788. The number of ether oxygens (including phenoxy) is 1. The topological polar surface area (TPSA) is 113 Å². The van der Waals surface area contributed by atoms with E-state index in [1.54, 1.807) is 12.1 Å². The van der Waals surface area contributed by atoms with Gasteiger partial charge in [0.05, 0.1) is 6.10 Å². The van der Waals surface area contributed by atoms with Crippen molar-refractivity contribution in [1.29, 1.82) is 0 Å². The Hall–Kier alpha value is -1.66. The first kappa shape index (κ1) is 28.4. The molecular weight excluding hydrogens is 431 g/mol. The minimum absolute atomic E-state index is 0.0945. The Morgan fingerprint density at radius 2 is 1.78 bits per heavy atom. The molecule has 0 saturated carbocycles. The molecule has 0 aliphatic carbocycles. The van der Waals surface area contributed by atoms with Crippen LogP contribution in [0.2, 0.25) is 0 Å². The molecular formula is C24H39O7P. The van der Waals surface area contributed by atoms with E-state index < -0.39 is 26.0 Å². The number of carboxylic acid groups (broad SMARTS) is 1. The van der Waals surface area contributed by atoms with Crippen molar-refractivity contribution in [2.45, 2.75) is 73.0 Å². The Kier molecular flexibility index (Phi) is 11.1. The third-order valence-corrected chi connectivity index (χ3v) is 7.21. The number of carbonyl (C=O) groups is 1. The molecule has 1 aromatic rings. The molecule has 0 aliphatic heterocycles. The van der Waals surface area contributed by atoms with Gasteiger partial charge in [-0.2, -0.15) is 0 Å². The Morgan fingerprint density at radius 1 is 1.19 bits per heavy atom. The molecule has 8 heteroatoms. The first-order valence-electron chi connectivity index (χ1n) is 11.1. The maximum absolute atomic E-state index is 11.9. The number of benzene rings is 1. The maximum atomic E-state index is 11.9. The van der Waals surface area contributed by atoms with Crippen molar-refractivity contribution in [3.8, 4) is 5.75 Å². The fraction of sp³-hybridized carbons (Fsp3) is 0.625. The molecule has 7 nitrogen and oxygen atoms in total. The molecule has 3 N–H and O–H groups in total. The summed E-state index contributed by atoms with van der Waals surface area (Å²) in [6, 6.07) is 6.95. The van der Waals surface area contributed by atoms with Crippen LogP contribution in [0.3, 0.4) is 0 Å². The number of hydrogen-bond donors (Lipinski definition) is 3. The standard InChI is InChI=1S/C24H39O7P/c1-7-21(24(5,6)8-2)22(25)17(3)10-9-11-19-12-14-20(15-13-19)30-16-32(28,29)31-18(4)23(26)27/h9,11-15,17-18,21-22,25H,7-8,10,16H2,1-6H3,(H,26,27)(H,28,29)/b11-9+/t17-,18+,21+,22-/m1/s1. The summed E-state index contributed by atoms with van der Waals surface area (Å²) in [5, 5.41) is 19.6. The lowest BCUT2D eigenvalue weighted by Crippen LogP contribution is -2.37. The predicted octanol–water partition coefficient (Wildman–Crippen LogP) is 5.56. The summed E-state index contributed by atoms with van der Waals surface area (Å²) >= 11 is 0. The quantitative estimate of drug-likeness (QED) is 0.305. The zero-order valence-electron chi connectivity index (χ0n) is 20.0. The van der Waals surface area contributed by atoms with Gasteiger partial charge in [-0.15, -0.1) is 0 Å². The van der Waals surface area contributed by atoms with E-state index in [1.807, 2.05) is 24.3 Å². The van der Waals surface area contributed by atoms with Crippen LogP contribution in [0.1, 0.15) is 66.4 Å². The van der Waals surface area contributed by atoms with Gasteiger partial charge in [-0.3, -0.25) is 9.09 Å². The van der Waals surface area contributed by atoms with Crippen LogP contribution in [0.4, 0.5) is 0 Å². The molecule has 0 heterocycles. The van der Waals surface area contributed by atoms with Crippen LogP contribution in [0.25, 0.3) is 6.08 Å². The summed E-state index contributed by atoms with van der Waals surface area (Å²) in [7, 11) is -4.18. The number of aliphatic hydroxyl groups is 1. The van der Waals surface area contributed by atoms with Crippen molar-refractivity contribution < 1.29 is 33.7 Å². The lowest BCUT2D eigenvalue weighted by atomic mass is 9.69. The second-order valence-corrected chi connectivity index (χ2v) is 10.8. The van der Waals surface area contributed by atoms with Gasteiger partial charge in [-0.25, -0.2) is 4.79 Å². The molecule has 32 heavy (non-hydrogen) atoms. The van der Waals surface area contributed by atoms with E-state index in [0.717, 1.165) is 24.8 Å². The van der Waals surface area contributed by atoms with Gasteiger partial charge in [0.25, 0.3) is 0 Å². The van der Waals surface area contributed by atoms with E-state index in [1.165, 1.54) is 6.92 Å². The molecule has 0 aromatic heterocycles. The summed E-state index contributed by atoms with van der Waals surface area (Å²) in [6.45, 7) is 12.0. The summed E-state index contributed by atoms with van der Waals surface area (Å²) in [5.74, 6) is -0.565. The molecule has 1 aromatic carbocycles. The van der Waals surface area contributed by atoms with Gasteiger partial charge in [0.15, 0.2) is 12.5 Å². The molecule has 1 rings (SSSR count). The third-order valence-electron chi connectivity index (χ3n) is 6.11. The molecule has 0 aliphatic rings. The van der Waals surface area contributed by atoms with Crippen LogP contribution in [0, 0.1) is 17.3 Å². The average Bonchev–Trinajstić information content (AvgIpc) is 2.73. The molecule has 1 unspecified atom stereocenters. The molecule has 0 saturated heterocycles. The van der Waals surface area contributed by atoms with E-state index in [0.29, 0.717) is 5.75 Å². The second-order valence-electron chi connectivity index (χ2n) is 9.03. The van der Waals surface area contributed by atoms with E-state index in [2.05, 4.69) is 39.1 Å². The van der Waals surface area contributed by atoms with Gasteiger partial charge in [-0.1, -0.05) is 71.7 Å².